The maximum atomic E-state index is 12.4. The Morgan fingerprint density at radius 1 is 1.04 bits per heavy atom. The fourth-order valence-corrected chi connectivity index (χ4v) is 2.57. The van der Waals surface area contributed by atoms with E-state index in [1.54, 1.807) is 24.1 Å². The summed E-state index contributed by atoms with van der Waals surface area (Å²) in [5, 5.41) is 2.84. The van der Waals surface area contributed by atoms with Gasteiger partial charge in [-0.3, -0.25) is 0 Å². The maximum Gasteiger partial charge on any atom is 0.321 e. The zero-order chi connectivity index (χ0) is 18.4. The Labute approximate surface area is 155 Å². The predicted octanol–water partition coefficient (Wildman–Crippen LogP) is 4.14. The van der Waals surface area contributed by atoms with Crippen molar-refractivity contribution in [3.63, 3.8) is 0 Å². The first-order valence-electron chi connectivity index (χ1n) is 7.55. The van der Waals surface area contributed by atoms with Gasteiger partial charge in [0.15, 0.2) is 11.5 Å². The molecule has 0 saturated carbocycles. The minimum Gasteiger partial charge on any atom is -0.493 e. The Morgan fingerprint density at radius 2 is 1.60 bits per heavy atom. The Hall–Kier alpha value is -2.41. The first kappa shape index (κ1) is 18.9. The van der Waals surface area contributed by atoms with Crippen LogP contribution in [-0.4, -0.2) is 39.3 Å². The Morgan fingerprint density at radius 3 is 2.08 bits per heavy atom. The highest BCUT2D eigenvalue weighted by Gasteiger charge is 2.16. The second-order valence-corrected chi connectivity index (χ2v) is 6.24. The van der Waals surface area contributed by atoms with Crippen LogP contribution in [0.4, 0.5) is 10.5 Å². The summed E-state index contributed by atoms with van der Waals surface area (Å²) in [7, 11) is 6.32. The van der Waals surface area contributed by atoms with Gasteiger partial charge < -0.3 is 24.4 Å². The number of urea groups is 1. The molecule has 0 spiro atoms. The molecule has 6 nitrogen and oxygen atoms in total. The van der Waals surface area contributed by atoms with E-state index < -0.39 is 0 Å². The maximum absolute atomic E-state index is 12.4. The molecule has 7 heteroatoms. The molecule has 25 heavy (non-hydrogen) atoms. The number of halogens is 1. The van der Waals surface area contributed by atoms with Crippen molar-refractivity contribution >= 4 is 27.6 Å². The number of hydrogen-bond donors (Lipinski definition) is 1. The van der Waals surface area contributed by atoms with E-state index in [2.05, 4.69) is 21.2 Å². The number of hydrogen-bond acceptors (Lipinski definition) is 4. The summed E-state index contributed by atoms with van der Waals surface area (Å²) in [6, 6.07) is 11.0. The number of rotatable bonds is 6. The van der Waals surface area contributed by atoms with Crippen LogP contribution in [0.2, 0.25) is 0 Å². The molecular formula is C18H21BrN2O4. The van der Waals surface area contributed by atoms with E-state index in [0.29, 0.717) is 29.5 Å². The normalized spacial score (nSPS) is 10.1. The third-order valence-electron chi connectivity index (χ3n) is 3.60. The highest BCUT2D eigenvalue weighted by Crippen LogP contribution is 2.39. The molecule has 0 aliphatic carbocycles. The van der Waals surface area contributed by atoms with Crippen molar-refractivity contribution in [3.05, 3.63) is 46.4 Å². The standard InChI is InChI=1S/C18H21BrN2O4/c1-21(11-12-5-7-13(19)8-6-12)18(22)20-14-9-15(23-2)17(25-4)16(10-14)24-3/h5-10H,11H2,1-4H3,(H,20,22). The van der Waals surface area contributed by atoms with E-state index >= 15 is 0 Å². The number of ether oxygens (including phenoxy) is 3. The van der Waals surface area contributed by atoms with Crippen molar-refractivity contribution in [2.24, 2.45) is 0 Å². The van der Waals surface area contributed by atoms with Crippen LogP contribution in [0.25, 0.3) is 0 Å². The van der Waals surface area contributed by atoms with Crippen molar-refractivity contribution < 1.29 is 19.0 Å². The number of nitrogens with one attached hydrogen (secondary N) is 1. The van der Waals surface area contributed by atoms with E-state index in [9.17, 15) is 4.79 Å². The number of carbonyl (C=O) groups is 1. The molecule has 0 unspecified atom stereocenters. The molecule has 0 aliphatic heterocycles. The fourth-order valence-electron chi connectivity index (χ4n) is 2.31. The first-order chi connectivity index (χ1) is 12.0. The third kappa shape index (κ3) is 4.79. The lowest BCUT2D eigenvalue weighted by atomic mass is 10.2. The van der Waals surface area contributed by atoms with Gasteiger partial charge in [0.05, 0.1) is 27.0 Å². The average Bonchev–Trinajstić information content (AvgIpc) is 2.62. The quantitative estimate of drug-likeness (QED) is 0.779. The molecule has 0 aliphatic rings. The zero-order valence-electron chi connectivity index (χ0n) is 14.6. The number of benzene rings is 2. The average molecular weight is 409 g/mol. The van der Waals surface area contributed by atoms with E-state index in [-0.39, 0.29) is 6.03 Å². The van der Waals surface area contributed by atoms with Gasteiger partial charge in [-0.15, -0.1) is 0 Å². The molecule has 0 radical (unpaired) electrons. The molecule has 2 rings (SSSR count). The van der Waals surface area contributed by atoms with Gasteiger partial charge in [0.1, 0.15) is 0 Å². The number of amides is 2. The van der Waals surface area contributed by atoms with Crippen LogP contribution in [0.15, 0.2) is 40.9 Å². The molecular weight excluding hydrogens is 388 g/mol. The molecule has 0 bridgehead atoms. The van der Waals surface area contributed by atoms with Crippen LogP contribution < -0.4 is 19.5 Å². The summed E-state index contributed by atoms with van der Waals surface area (Å²) >= 11 is 3.40. The van der Waals surface area contributed by atoms with Gasteiger partial charge >= 0.3 is 6.03 Å². The second-order valence-electron chi connectivity index (χ2n) is 5.33. The minimum absolute atomic E-state index is 0.239. The monoisotopic (exact) mass is 408 g/mol. The number of anilines is 1. The van der Waals surface area contributed by atoms with Gasteiger partial charge in [-0.1, -0.05) is 28.1 Å². The van der Waals surface area contributed by atoms with Gasteiger partial charge in [-0.25, -0.2) is 4.79 Å². The fraction of sp³-hybridized carbons (Fsp3) is 0.278. The van der Waals surface area contributed by atoms with Gasteiger partial charge in [0.25, 0.3) is 0 Å². The second kappa shape index (κ2) is 8.62. The number of nitrogens with zero attached hydrogens (tertiary/aromatic N) is 1. The largest absolute Gasteiger partial charge is 0.493 e. The molecule has 134 valence electrons. The summed E-state index contributed by atoms with van der Waals surface area (Å²) < 4.78 is 16.9. The van der Waals surface area contributed by atoms with Gasteiger partial charge in [-0.05, 0) is 17.7 Å². The van der Waals surface area contributed by atoms with E-state index in [1.165, 1.54) is 21.3 Å². The highest BCUT2D eigenvalue weighted by atomic mass is 79.9. The highest BCUT2D eigenvalue weighted by molar-refractivity contribution is 9.10. The number of carbonyl (C=O) groups excluding carboxylic acids is 1. The molecule has 0 atom stereocenters. The van der Waals surface area contributed by atoms with Gasteiger partial charge in [-0.2, -0.15) is 0 Å². The first-order valence-corrected chi connectivity index (χ1v) is 8.34. The lowest BCUT2D eigenvalue weighted by Crippen LogP contribution is -2.30. The van der Waals surface area contributed by atoms with Crippen molar-refractivity contribution in [1.82, 2.24) is 4.90 Å². The van der Waals surface area contributed by atoms with Crippen molar-refractivity contribution in [2.75, 3.05) is 33.7 Å². The lowest BCUT2D eigenvalue weighted by Gasteiger charge is -2.19. The molecule has 0 fully saturated rings. The van der Waals surface area contributed by atoms with E-state index in [4.69, 9.17) is 14.2 Å². The van der Waals surface area contributed by atoms with Crippen LogP contribution >= 0.6 is 15.9 Å². The topological polar surface area (TPSA) is 60.0 Å². The summed E-state index contributed by atoms with van der Waals surface area (Å²) in [6.45, 7) is 0.490. The number of methoxy groups -OCH3 is 3. The van der Waals surface area contributed by atoms with Gasteiger partial charge in [0, 0.05) is 30.2 Å². The lowest BCUT2D eigenvalue weighted by molar-refractivity contribution is 0.220. The molecule has 1 N–H and O–H groups in total. The Kier molecular flexibility index (Phi) is 6.52. The van der Waals surface area contributed by atoms with E-state index in [0.717, 1.165) is 10.0 Å². The molecule has 2 aromatic rings. The van der Waals surface area contributed by atoms with Crippen LogP contribution in [-0.2, 0) is 6.54 Å². The Bertz CT molecular complexity index is 709. The van der Waals surface area contributed by atoms with Crippen molar-refractivity contribution in [1.29, 1.82) is 0 Å². The van der Waals surface area contributed by atoms with Crippen molar-refractivity contribution in [3.8, 4) is 17.2 Å². The molecule has 0 aromatic heterocycles. The molecule has 2 aromatic carbocycles. The van der Waals surface area contributed by atoms with Crippen LogP contribution in [0.1, 0.15) is 5.56 Å². The summed E-state index contributed by atoms with van der Waals surface area (Å²) in [4.78, 5) is 14.0. The summed E-state index contributed by atoms with van der Waals surface area (Å²) in [5.41, 5.74) is 1.59. The smallest absolute Gasteiger partial charge is 0.321 e. The molecule has 2 amide bonds. The Balaban J connectivity index is 2.12. The van der Waals surface area contributed by atoms with Crippen LogP contribution in [0.3, 0.4) is 0 Å². The van der Waals surface area contributed by atoms with Crippen LogP contribution in [0, 0.1) is 0 Å². The van der Waals surface area contributed by atoms with E-state index in [1.807, 2.05) is 24.3 Å². The molecule has 0 saturated heterocycles. The summed E-state index contributed by atoms with van der Waals surface area (Å²) in [5.74, 6) is 1.44. The minimum atomic E-state index is -0.239. The predicted molar refractivity (Wildman–Crippen MR) is 101 cm³/mol. The summed E-state index contributed by atoms with van der Waals surface area (Å²) in [6.07, 6.45) is 0. The third-order valence-corrected chi connectivity index (χ3v) is 4.12. The molecule has 0 heterocycles. The zero-order valence-corrected chi connectivity index (χ0v) is 16.2. The van der Waals surface area contributed by atoms with Crippen molar-refractivity contribution in [2.45, 2.75) is 6.54 Å². The van der Waals surface area contributed by atoms with Gasteiger partial charge in [0.2, 0.25) is 5.75 Å². The SMILES string of the molecule is COc1cc(NC(=O)N(C)Cc2ccc(Br)cc2)cc(OC)c1OC. The van der Waals surface area contributed by atoms with Crippen LogP contribution in [0.5, 0.6) is 17.2 Å².